The molecule has 0 saturated heterocycles. The van der Waals surface area contributed by atoms with Gasteiger partial charge in [0.25, 0.3) is 15.7 Å². The van der Waals surface area contributed by atoms with Crippen LogP contribution in [0.4, 0.5) is 11.4 Å². The highest BCUT2D eigenvalue weighted by Gasteiger charge is 2.26. The number of nitrogens with zero attached hydrogens (tertiary/aromatic N) is 2. The van der Waals surface area contributed by atoms with Crippen molar-refractivity contribution in [1.29, 1.82) is 0 Å². The SMILES string of the molecule is C=CCN(c1ccc(C)cc1)S(=O)(=O)c1ccc(C)c([N+](=O)[O-])c1. The van der Waals surface area contributed by atoms with Crippen LogP contribution >= 0.6 is 0 Å². The summed E-state index contributed by atoms with van der Waals surface area (Å²) >= 11 is 0. The molecule has 0 atom stereocenters. The molecule has 0 spiro atoms. The van der Waals surface area contributed by atoms with E-state index in [0.717, 1.165) is 11.6 Å². The second-order valence-corrected chi connectivity index (χ2v) is 7.23. The minimum absolute atomic E-state index is 0.0626. The number of benzene rings is 2. The molecule has 2 aromatic carbocycles. The Morgan fingerprint density at radius 1 is 1.17 bits per heavy atom. The van der Waals surface area contributed by atoms with Crippen molar-refractivity contribution in [2.75, 3.05) is 10.8 Å². The lowest BCUT2D eigenvalue weighted by Gasteiger charge is -2.23. The lowest BCUT2D eigenvalue weighted by Crippen LogP contribution is -2.31. The van der Waals surface area contributed by atoms with Crippen molar-refractivity contribution in [1.82, 2.24) is 0 Å². The van der Waals surface area contributed by atoms with E-state index in [1.54, 1.807) is 31.2 Å². The summed E-state index contributed by atoms with van der Waals surface area (Å²) in [5.74, 6) is 0. The zero-order valence-corrected chi connectivity index (χ0v) is 14.3. The highest BCUT2D eigenvalue weighted by molar-refractivity contribution is 7.92. The zero-order chi connectivity index (χ0) is 17.9. The van der Waals surface area contributed by atoms with Crippen molar-refractivity contribution in [3.05, 3.63) is 76.4 Å². The van der Waals surface area contributed by atoms with Crippen LogP contribution in [-0.2, 0) is 10.0 Å². The van der Waals surface area contributed by atoms with Gasteiger partial charge in [-0.25, -0.2) is 8.42 Å². The highest BCUT2D eigenvalue weighted by atomic mass is 32.2. The molecule has 0 heterocycles. The second-order valence-electron chi connectivity index (χ2n) is 5.37. The average molecular weight is 346 g/mol. The molecule has 0 fully saturated rings. The minimum Gasteiger partial charge on any atom is -0.263 e. The van der Waals surface area contributed by atoms with Crippen LogP contribution in [0.2, 0.25) is 0 Å². The van der Waals surface area contributed by atoms with Crippen LogP contribution in [-0.4, -0.2) is 19.9 Å². The van der Waals surface area contributed by atoms with E-state index in [-0.39, 0.29) is 17.1 Å². The van der Waals surface area contributed by atoms with Crippen molar-refractivity contribution in [2.45, 2.75) is 18.7 Å². The molecule has 126 valence electrons. The largest absolute Gasteiger partial charge is 0.273 e. The lowest BCUT2D eigenvalue weighted by molar-refractivity contribution is -0.385. The van der Waals surface area contributed by atoms with E-state index < -0.39 is 14.9 Å². The fourth-order valence-electron chi connectivity index (χ4n) is 2.24. The molecule has 0 radical (unpaired) electrons. The van der Waals surface area contributed by atoms with Gasteiger partial charge in [0.1, 0.15) is 0 Å². The van der Waals surface area contributed by atoms with Gasteiger partial charge in [-0.3, -0.25) is 14.4 Å². The molecule has 0 amide bonds. The lowest BCUT2D eigenvalue weighted by atomic mass is 10.2. The van der Waals surface area contributed by atoms with Crippen molar-refractivity contribution < 1.29 is 13.3 Å². The minimum atomic E-state index is -3.94. The van der Waals surface area contributed by atoms with E-state index in [9.17, 15) is 18.5 Å². The van der Waals surface area contributed by atoms with Crippen LogP contribution in [0.1, 0.15) is 11.1 Å². The Morgan fingerprint density at radius 3 is 2.33 bits per heavy atom. The van der Waals surface area contributed by atoms with E-state index in [1.165, 1.54) is 22.5 Å². The summed E-state index contributed by atoms with van der Waals surface area (Å²) in [6.07, 6.45) is 1.47. The van der Waals surface area contributed by atoms with Crippen molar-refractivity contribution in [2.24, 2.45) is 0 Å². The van der Waals surface area contributed by atoms with Gasteiger partial charge in [-0.1, -0.05) is 29.8 Å². The number of anilines is 1. The molecule has 0 aliphatic carbocycles. The third-order valence-corrected chi connectivity index (χ3v) is 5.37. The molecule has 0 aliphatic rings. The Labute approximate surface area is 141 Å². The van der Waals surface area contributed by atoms with E-state index in [2.05, 4.69) is 6.58 Å². The quantitative estimate of drug-likeness (QED) is 0.455. The normalized spacial score (nSPS) is 11.1. The number of hydrogen-bond acceptors (Lipinski definition) is 4. The van der Waals surface area contributed by atoms with Crippen molar-refractivity contribution in [3.8, 4) is 0 Å². The summed E-state index contributed by atoms with van der Waals surface area (Å²) < 4.78 is 27.1. The van der Waals surface area contributed by atoms with Gasteiger partial charge in [-0.15, -0.1) is 6.58 Å². The molecular weight excluding hydrogens is 328 g/mol. The Balaban J connectivity index is 2.56. The van der Waals surface area contributed by atoms with Crippen LogP contribution < -0.4 is 4.31 Å². The maximum absolute atomic E-state index is 12.9. The first-order valence-corrected chi connectivity index (χ1v) is 8.66. The smallest absolute Gasteiger partial charge is 0.263 e. The van der Waals surface area contributed by atoms with Gasteiger partial charge < -0.3 is 0 Å². The molecule has 2 aromatic rings. The topological polar surface area (TPSA) is 80.5 Å². The first-order valence-electron chi connectivity index (χ1n) is 7.22. The van der Waals surface area contributed by atoms with E-state index >= 15 is 0 Å². The second kappa shape index (κ2) is 6.84. The number of nitro groups is 1. The number of aryl methyl sites for hydroxylation is 2. The third kappa shape index (κ3) is 3.46. The Morgan fingerprint density at radius 2 is 1.79 bits per heavy atom. The Bertz CT molecular complexity index is 874. The van der Waals surface area contributed by atoms with Gasteiger partial charge in [0.2, 0.25) is 0 Å². The summed E-state index contributed by atoms with van der Waals surface area (Å²) in [7, 11) is -3.94. The fourth-order valence-corrected chi connectivity index (χ4v) is 3.70. The monoisotopic (exact) mass is 346 g/mol. The standard InChI is InChI=1S/C17H18N2O4S/c1-4-11-18(15-8-5-13(2)6-9-15)24(22,23)16-10-7-14(3)17(12-16)19(20)21/h4-10,12H,1,11H2,2-3H3. The molecule has 0 saturated carbocycles. The van der Waals surface area contributed by atoms with Gasteiger partial charge in [-0.05, 0) is 32.0 Å². The average Bonchev–Trinajstić information content (AvgIpc) is 2.53. The molecule has 2 rings (SSSR count). The maximum atomic E-state index is 12.9. The van der Waals surface area contributed by atoms with Crippen molar-refractivity contribution in [3.63, 3.8) is 0 Å². The molecular formula is C17H18N2O4S. The summed E-state index contributed by atoms with van der Waals surface area (Å²) in [4.78, 5) is 10.4. The van der Waals surface area contributed by atoms with E-state index in [4.69, 9.17) is 0 Å². The predicted molar refractivity (Wildman–Crippen MR) is 93.7 cm³/mol. The summed E-state index contributed by atoms with van der Waals surface area (Å²) in [6.45, 7) is 7.13. The van der Waals surface area contributed by atoms with Crippen LogP contribution in [0.25, 0.3) is 0 Å². The van der Waals surface area contributed by atoms with E-state index in [1.807, 2.05) is 6.92 Å². The van der Waals surface area contributed by atoms with Gasteiger partial charge in [0.15, 0.2) is 0 Å². The van der Waals surface area contributed by atoms with Crippen LogP contribution in [0.5, 0.6) is 0 Å². The summed E-state index contributed by atoms with van der Waals surface area (Å²) in [5.41, 5.74) is 1.66. The number of rotatable bonds is 6. The molecule has 0 aliphatic heterocycles. The Hall–Kier alpha value is -2.67. The highest BCUT2D eigenvalue weighted by Crippen LogP contribution is 2.28. The first-order chi connectivity index (χ1) is 11.3. The molecule has 6 nitrogen and oxygen atoms in total. The van der Waals surface area contributed by atoms with Gasteiger partial charge >= 0.3 is 0 Å². The predicted octanol–water partition coefficient (Wildman–Crippen LogP) is 3.59. The molecule has 0 aromatic heterocycles. The summed E-state index contributed by atoms with van der Waals surface area (Å²) in [6, 6.07) is 10.9. The van der Waals surface area contributed by atoms with Crippen LogP contribution in [0.15, 0.2) is 60.0 Å². The molecule has 7 heteroatoms. The van der Waals surface area contributed by atoms with Gasteiger partial charge in [-0.2, -0.15) is 0 Å². The number of hydrogen-bond donors (Lipinski definition) is 0. The fraction of sp³-hybridized carbons (Fsp3) is 0.176. The first kappa shape index (κ1) is 17.7. The van der Waals surface area contributed by atoms with Gasteiger partial charge in [0.05, 0.1) is 22.1 Å². The molecule has 0 N–H and O–H groups in total. The zero-order valence-electron chi connectivity index (χ0n) is 13.5. The Kier molecular flexibility index (Phi) is 5.04. The molecule has 0 bridgehead atoms. The molecule has 0 unspecified atom stereocenters. The maximum Gasteiger partial charge on any atom is 0.273 e. The van der Waals surface area contributed by atoms with Crippen molar-refractivity contribution >= 4 is 21.4 Å². The number of sulfonamides is 1. The van der Waals surface area contributed by atoms with E-state index in [0.29, 0.717) is 11.3 Å². The number of nitro benzene ring substituents is 1. The molecule has 24 heavy (non-hydrogen) atoms. The van der Waals surface area contributed by atoms with Gasteiger partial charge in [0, 0.05) is 11.6 Å². The van der Waals surface area contributed by atoms with Crippen LogP contribution in [0, 0.1) is 24.0 Å². The third-order valence-electron chi connectivity index (χ3n) is 3.58. The summed E-state index contributed by atoms with van der Waals surface area (Å²) in [5, 5.41) is 11.1. The van der Waals surface area contributed by atoms with Crippen LogP contribution in [0.3, 0.4) is 0 Å².